The molecule has 0 unspecified atom stereocenters. The van der Waals surface area contributed by atoms with E-state index in [-0.39, 0.29) is 0 Å². The summed E-state index contributed by atoms with van der Waals surface area (Å²) in [6.07, 6.45) is 1.73. The Morgan fingerprint density at radius 3 is 2.92 bits per heavy atom. The fraction of sp³-hybridized carbons (Fsp3) is 0.125. The van der Waals surface area contributed by atoms with Crippen LogP contribution in [0, 0.1) is 6.92 Å². The van der Waals surface area contributed by atoms with Gasteiger partial charge in [0, 0.05) is 0 Å². The first-order chi connectivity index (χ1) is 5.75. The first-order valence-corrected chi connectivity index (χ1v) is 3.83. The average Bonchev–Trinajstić information content (AvgIpc) is 2.05. The van der Waals surface area contributed by atoms with Crippen LogP contribution in [0.2, 0.25) is 0 Å². The molecule has 2 aromatic heterocycles. The number of rotatable bonds is 0. The quantitative estimate of drug-likeness (QED) is 0.488. The predicted molar refractivity (Wildman–Crippen MR) is 50.2 cm³/mol. The maximum absolute atomic E-state index is 4.29. The van der Waals surface area contributed by atoms with Crippen molar-refractivity contribution in [1.82, 2.24) is 15.0 Å². The third-order valence-corrected chi connectivity index (χ3v) is 1.66. The third kappa shape index (κ3) is 1.16. The molecule has 0 atom stereocenters. The van der Waals surface area contributed by atoms with Gasteiger partial charge in [0.2, 0.25) is 0 Å². The number of aryl methyl sites for hydroxylation is 1. The Labute approximate surface area is 71.3 Å². The standard InChI is InChI=1S/C8H8BN3/c1-5-4-10-8-6(11-5)2-3-7(9)12-8/h2-4H,9H2,1H3. The monoisotopic (exact) mass is 157 g/mol. The topological polar surface area (TPSA) is 38.7 Å². The molecule has 2 rings (SSSR count). The Kier molecular flexibility index (Phi) is 1.53. The van der Waals surface area contributed by atoms with E-state index in [4.69, 9.17) is 0 Å². The van der Waals surface area contributed by atoms with E-state index < -0.39 is 0 Å². The highest BCUT2D eigenvalue weighted by atomic mass is 14.9. The maximum Gasteiger partial charge on any atom is 0.177 e. The highest BCUT2D eigenvalue weighted by molar-refractivity contribution is 6.30. The van der Waals surface area contributed by atoms with E-state index >= 15 is 0 Å². The molecule has 0 fully saturated rings. The number of aromatic nitrogens is 3. The Morgan fingerprint density at radius 1 is 1.25 bits per heavy atom. The van der Waals surface area contributed by atoms with Crippen LogP contribution in [0.15, 0.2) is 18.3 Å². The van der Waals surface area contributed by atoms with E-state index in [0.29, 0.717) is 0 Å². The molecule has 0 aliphatic heterocycles. The van der Waals surface area contributed by atoms with Crippen molar-refractivity contribution in [1.29, 1.82) is 0 Å². The molecule has 0 spiro atoms. The van der Waals surface area contributed by atoms with Crippen LogP contribution in [0.25, 0.3) is 11.2 Å². The van der Waals surface area contributed by atoms with Crippen LogP contribution >= 0.6 is 0 Å². The molecule has 0 N–H and O–H groups in total. The lowest BCUT2D eigenvalue weighted by Crippen LogP contribution is -2.08. The summed E-state index contributed by atoms with van der Waals surface area (Å²) >= 11 is 0. The zero-order valence-corrected chi connectivity index (χ0v) is 7.07. The number of pyridine rings is 1. The fourth-order valence-corrected chi connectivity index (χ4v) is 1.09. The average molecular weight is 157 g/mol. The van der Waals surface area contributed by atoms with E-state index in [0.717, 1.165) is 22.5 Å². The summed E-state index contributed by atoms with van der Waals surface area (Å²) in [5, 5.41) is 0. The van der Waals surface area contributed by atoms with E-state index in [9.17, 15) is 0 Å². The first-order valence-electron chi connectivity index (χ1n) is 3.83. The molecule has 0 radical (unpaired) electrons. The molecule has 0 saturated carbocycles. The molecule has 2 aromatic rings. The van der Waals surface area contributed by atoms with Gasteiger partial charge < -0.3 is 0 Å². The Hall–Kier alpha value is -1.45. The van der Waals surface area contributed by atoms with Crippen LogP contribution in [0.1, 0.15) is 5.69 Å². The minimum absolute atomic E-state index is 0.723. The van der Waals surface area contributed by atoms with Gasteiger partial charge in [-0.2, -0.15) is 0 Å². The maximum atomic E-state index is 4.29. The van der Waals surface area contributed by atoms with Crippen molar-refractivity contribution in [2.45, 2.75) is 6.92 Å². The van der Waals surface area contributed by atoms with Crippen LogP contribution in [0.4, 0.5) is 0 Å². The predicted octanol–water partition coefficient (Wildman–Crippen LogP) is -0.408. The largest absolute Gasteiger partial charge is 0.248 e. The highest BCUT2D eigenvalue weighted by Crippen LogP contribution is 2.02. The SMILES string of the molecule is Bc1ccc2nc(C)cnc2n1. The van der Waals surface area contributed by atoms with Crippen LogP contribution in [0.5, 0.6) is 0 Å². The Morgan fingerprint density at radius 2 is 2.08 bits per heavy atom. The van der Waals surface area contributed by atoms with Crippen molar-refractivity contribution >= 4 is 24.6 Å². The molecule has 58 valence electrons. The highest BCUT2D eigenvalue weighted by Gasteiger charge is 1.96. The van der Waals surface area contributed by atoms with Gasteiger partial charge in [-0.1, -0.05) is 0 Å². The summed E-state index contributed by atoms with van der Waals surface area (Å²) < 4.78 is 0. The molecule has 2 heterocycles. The van der Waals surface area contributed by atoms with E-state index in [1.54, 1.807) is 6.20 Å². The lowest BCUT2D eigenvalue weighted by Gasteiger charge is -1.97. The summed E-state index contributed by atoms with van der Waals surface area (Å²) in [6, 6.07) is 3.88. The molecule has 0 aromatic carbocycles. The van der Waals surface area contributed by atoms with Crippen LogP contribution in [-0.4, -0.2) is 22.8 Å². The second kappa shape index (κ2) is 2.55. The molecule has 0 saturated heterocycles. The van der Waals surface area contributed by atoms with Gasteiger partial charge in [-0.25, -0.2) is 15.0 Å². The number of nitrogens with zero attached hydrogens (tertiary/aromatic N) is 3. The van der Waals surface area contributed by atoms with Crippen molar-refractivity contribution < 1.29 is 0 Å². The van der Waals surface area contributed by atoms with E-state index in [1.165, 1.54) is 0 Å². The normalized spacial score (nSPS) is 10.4. The van der Waals surface area contributed by atoms with Gasteiger partial charge in [0.1, 0.15) is 5.52 Å². The number of fused-ring (bicyclic) bond motifs is 1. The van der Waals surface area contributed by atoms with Gasteiger partial charge in [0.05, 0.1) is 11.9 Å². The minimum Gasteiger partial charge on any atom is -0.248 e. The molecular weight excluding hydrogens is 149 g/mol. The third-order valence-electron chi connectivity index (χ3n) is 1.66. The molecule has 0 amide bonds. The van der Waals surface area contributed by atoms with Crippen molar-refractivity contribution in [3.63, 3.8) is 0 Å². The Bertz CT molecular complexity index is 386. The fourth-order valence-electron chi connectivity index (χ4n) is 1.09. The molecular formula is C8H8BN3. The van der Waals surface area contributed by atoms with Gasteiger partial charge in [0.25, 0.3) is 0 Å². The second-order valence-corrected chi connectivity index (χ2v) is 2.81. The van der Waals surface area contributed by atoms with Gasteiger partial charge in [0.15, 0.2) is 13.5 Å². The first kappa shape index (κ1) is 7.22. The summed E-state index contributed by atoms with van der Waals surface area (Å²) in [5.74, 6) is 0. The second-order valence-electron chi connectivity index (χ2n) is 2.81. The minimum atomic E-state index is 0.723. The van der Waals surface area contributed by atoms with Gasteiger partial charge in [-0.15, -0.1) is 0 Å². The van der Waals surface area contributed by atoms with Crippen LogP contribution in [0.3, 0.4) is 0 Å². The van der Waals surface area contributed by atoms with Gasteiger partial charge in [-0.05, 0) is 24.6 Å². The van der Waals surface area contributed by atoms with Crippen LogP contribution < -0.4 is 5.59 Å². The van der Waals surface area contributed by atoms with Crippen LogP contribution in [-0.2, 0) is 0 Å². The smallest absolute Gasteiger partial charge is 0.177 e. The summed E-state index contributed by atoms with van der Waals surface area (Å²) in [4.78, 5) is 12.7. The molecule has 12 heavy (non-hydrogen) atoms. The van der Waals surface area contributed by atoms with E-state index in [1.807, 2.05) is 26.9 Å². The Balaban J connectivity index is 2.79. The molecule has 0 bridgehead atoms. The van der Waals surface area contributed by atoms with Crippen molar-refractivity contribution in [2.75, 3.05) is 0 Å². The molecule has 0 aliphatic carbocycles. The van der Waals surface area contributed by atoms with Gasteiger partial charge >= 0.3 is 0 Å². The van der Waals surface area contributed by atoms with E-state index in [2.05, 4.69) is 15.0 Å². The summed E-state index contributed by atoms with van der Waals surface area (Å²) in [7, 11) is 1.95. The van der Waals surface area contributed by atoms with Gasteiger partial charge in [-0.3, -0.25) is 0 Å². The van der Waals surface area contributed by atoms with Crippen molar-refractivity contribution in [2.24, 2.45) is 0 Å². The lowest BCUT2D eigenvalue weighted by molar-refractivity contribution is 1.16. The number of hydrogen-bond acceptors (Lipinski definition) is 3. The molecule has 4 heteroatoms. The summed E-state index contributed by atoms with van der Waals surface area (Å²) in [5.41, 5.74) is 3.48. The molecule has 0 aliphatic rings. The summed E-state index contributed by atoms with van der Waals surface area (Å²) in [6.45, 7) is 1.92. The lowest BCUT2D eigenvalue weighted by atomic mass is 10.0. The zero-order valence-electron chi connectivity index (χ0n) is 7.07. The number of hydrogen-bond donors (Lipinski definition) is 0. The van der Waals surface area contributed by atoms with Crippen molar-refractivity contribution in [3.05, 3.63) is 24.0 Å². The van der Waals surface area contributed by atoms with Crippen molar-refractivity contribution in [3.8, 4) is 0 Å². The molecule has 3 nitrogen and oxygen atoms in total. The zero-order chi connectivity index (χ0) is 8.55.